The lowest BCUT2D eigenvalue weighted by Gasteiger charge is -2.36. The van der Waals surface area contributed by atoms with Gasteiger partial charge in [-0.1, -0.05) is 31.2 Å². The molecule has 0 heterocycles. The van der Waals surface area contributed by atoms with Gasteiger partial charge in [0.1, 0.15) is 11.6 Å². The van der Waals surface area contributed by atoms with Gasteiger partial charge in [0, 0.05) is 6.42 Å². The molecule has 0 saturated heterocycles. The topological polar surface area (TPSA) is 63.3 Å². The molecule has 7 heteroatoms. The van der Waals surface area contributed by atoms with Crippen LogP contribution in [0.3, 0.4) is 0 Å². The molecule has 0 aromatic heterocycles. The van der Waals surface area contributed by atoms with E-state index in [0.717, 1.165) is 36.4 Å². The van der Waals surface area contributed by atoms with Crippen molar-refractivity contribution in [3.63, 3.8) is 0 Å². The van der Waals surface area contributed by atoms with Gasteiger partial charge in [-0.05, 0) is 35.7 Å². The number of hydrogen-bond acceptors (Lipinski definition) is 2. The summed E-state index contributed by atoms with van der Waals surface area (Å²) >= 11 is 0. The van der Waals surface area contributed by atoms with Crippen molar-refractivity contribution in [2.45, 2.75) is 31.3 Å². The zero-order chi connectivity index (χ0) is 18.8. The summed E-state index contributed by atoms with van der Waals surface area (Å²) in [6.07, 6.45) is -1.54. The maximum atomic E-state index is 14.8. The maximum Gasteiger partial charge on any atom is 0.284 e. The molecule has 25 heavy (non-hydrogen) atoms. The molecule has 0 saturated carbocycles. The lowest BCUT2D eigenvalue weighted by atomic mass is 9.81. The van der Waals surface area contributed by atoms with Crippen molar-refractivity contribution in [2.24, 2.45) is 5.73 Å². The number of benzene rings is 2. The second-order valence-electron chi connectivity index (χ2n) is 5.74. The molecule has 1 unspecified atom stereocenters. The second-order valence-corrected chi connectivity index (χ2v) is 5.74. The Morgan fingerprint density at radius 2 is 1.72 bits per heavy atom. The number of nitrogens with two attached hydrogens (primary N) is 1. The molecule has 1 amide bonds. The third-order valence-corrected chi connectivity index (χ3v) is 4.20. The molecule has 1 atom stereocenters. The Morgan fingerprint density at radius 1 is 1.12 bits per heavy atom. The third-order valence-electron chi connectivity index (χ3n) is 4.20. The highest BCUT2D eigenvalue weighted by molar-refractivity contribution is 5.93. The molecular weight excluding hydrogens is 338 g/mol. The van der Waals surface area contributed by atoms with Crippen LogP contribution in [-0.2, 0) is 12.0 Å². The summed E-state index contributed by atoms with van der Waals surface area (Å²) in [6, 6.07) is 7.45. The van der Waals surface area contributed by atoms with Crippen molar-refractivity contribution in [2.75, 3.05) is 0 Å². The first-order chi connectivity index (χ1) is 11.6. The summed E-state index contributed by atoms with van der Waals surface area (Å²) in [5, 5.41) is 10.6. The Hall–Kier alpha value is -2.41. The van der Waals surface area contributed by atoms with Gasteiger partial charge in [-0.25, -0.2) is 17.6 Å². The Kier molecular flexibility index (Phi) is 5.17. The molecular formula is C18H17F4NO2. The SMILES string of the molecule is CCC(O)(c1ccc(F)cc1)C(F)(F)Cc1cccc(C(N)=O)c1F. The molecule has 3 N–H and O–H groups in total. The van der Waals surface area contributed by atoms with Crippen LogP contribution in [0.2, 0.25) is 0 Å². The van der Waals surface area contributed by atoms with Crippen LogP contribution in [0.1, 0.15) is 34.8 Å². The number of primary amides is 1. The highest BCUT2D eigenvalue weighted by Crippen LogP contribution is 2.43. The van der Waals surface area contributed by atoms with E-state index >= 15 is 0 Å². The fourth-order valence-electron chi connectivity index (χ4n) is 2.69. The third kappa shape index (κ3) is 3.51. The van der Waals surface area contributed by atoms with E-state index in [0.29, 0.717) is 0 Å². The summed E-state index contributed by atoms with van der Waals surface area (Å²) in [5.74, 6) is -6.64. The quantitative estimate of drug-likeness (QED) is 0.779. The standard InChI is InChI=1S/C18H17F4NO2/c1-2-17(25,12-6-8-13(19)9-7-12)18(21,22)10-11-4-3-5-14(15(11)20)16(23)24/h3-9,25H,2,10H2,1H3,(H2,23,24). The largest absolute Gasteiger partial charge is 0.379 e. The average molecular weight is 355 g/mol. The minimum atomic E-state index is -3.78. The molecule has 0 aliphatic rings. The van der Waals surface area contributed by atoms with Crippen LogP contribution in [0.25, 0.3) is 0 Å². The molecule has 0 fully saturated rings. The normalized spacial score (nSPS) is 14.2. The summed E-state index contributed by atoms with van der Waals surface area (Å²) in [5.41, 5.74) is 1.24. The van der Waals surface area contributed by atoms with Crippen LogP contribution in [0.4, 0.5) is 17.6 Å². The summed E-state index contributed by atoms with van der Waals surface area (Å²) < 4.78 is 56.9. The van der Waals surface area contributed by atoms with E-state index in [4.69, 9.17) is 5.73 Å². The van der Waals surface area contributed by atoms with Crippen molar-refractivity contribution in [1.29, 1.82) is 0 Å². The number of alkyl halides is 2. The van der Waals surface area contributed by atoms with Gasteiger partial charge in [0.15, 0.2) is 5.60 Å². The second kappa shape index (κ2) is 6.84. The van der Waals surface area contributed by atoms with Gasteiger partial charge in [0.2, 0.25) is 0 Å². The molecule has 0 radical (unpaired) electrons. The van der Waals surface area contributed by atoms with Crippen LogP contribution in [0.5, 0.6) is 0 Å². The number of amides is 1. The predicted molar refractivity (Wildman–Crippen MR) is 84.2 cm³/mol. The number of rotatable bonds is 6. The zero-order valence-electron chi connectivity index (χ0n) is 13.4. The van der Waals surface area contributed by atoms with Gasteiger partial charge < -0.3 is 10.8 Å². The number of hydrogen-bond donors (Lipinski definition) is 2. The molecule has 0 aliphatic carbocycles. The molecule has 2 aromatic carbocycles. The average Bonchev–Trinajstić information content (AvgIpc) is 2.56. The highest BCUT2D eigenvalue weighted by Gasteiger charge is 2.52. The van der Waals surface area contributed by atoms with E-state index in [1.165, 1.54) is 13.0 Å². The van der Waals surface area contributed by atoms with Crippen LogP contribution < -0.4 is 5.73 Å². The lowest BCUT2D eigenvalue weighted by molar-refractivity contribution is -0.189. The van der Waals surface area contributed by atoms with E-state index in [-0.39, 0.29) is 12.0 Å². The minimum absolute atomic E-state index is 0.187. The summed E-state index contributed by atoms with van der Waals surface area (Å²) in [6.45, 7) is 1.34. The summed E-state index contributed by atoms with van der Waals surface area (Å²) in [7, 11) is 0. The molecule has 2 rings (SSSR count). The van der Waals surface area contributed by atoms with Gasteiger partial charge in [-0.15, -0.1) is 0 Å². The molecule has 0 aliphatic heterocycles. The molecule has 0 spiro atoms. The maximum absolute atomic E-state index is 14.8. The van der Waals surface area contributed by atoms with E-state index in [1.54, 1.807) is 0 Å². The summed E-state index contributed by atoms with van der Waals surface area (Å²) in [4.78, 5) is 11.2. The zero-order valence-corrected chi connectivity index (χ0v) is 13.4. The van der Waals surface area contributed by atoms with Crippen LogP contribution >= 0.6 is 0 Å². The van der Waals surface area contributed by atoms with E-state index in [9.17, 15) is 27.5 Å². The molecule has 2 aromatic rings. The first kappa shape index (κ1) is 18.9. The van der Waals surface area contributed by atoms with Crippen LogP contribution in [0, 0.1) is 11.6 Å². The van der Waals surface area contributed by atoms with Gasteiger partial charge in [-0.3, -0.25) is 4.79 Å². The predicted octanol–water partition coefficient (Wildman–Crippen LogP) is 3.54. The number of carbonyl (C=O) groups is 1. The molecule has 0 bridgehead atoms. The van der Waals surface area contributed by atoms with Crippen molar-refractivity contribution < 1.29 is 27.5 Å². The van der Waals surface area contributed by atoms with Crippen LogP contribution in [-0.4, -0.2) is 16.9 Å². The molecule has 134 valence electrons. The van der Waals surface area contributed by atoms with Crippen molar-refractivity contribution in [1.82, 2.24) is 0 Å². The van der Waals surface area contributed by atoms with E-state index < -0.39 is 46.6 Å². The van der Waals surface area contributed by atoms with Crippen molar-refractivity contribution >= 4 is 5.91 Å². The molecule has 3 nitrogen and oxygen atoms in total. The first-order valence-electron chi connectivity index (χ1n) is 7.56. The van der Waals surface area contributed by atoms with E-state index in [2.05, 4.69) is 0 Å². The Balaban J connectivity index is 2.44. The highest BCUT2D eigenvalue weighted by atomic mass is 19.3. The minimum Gasteiger partial charge on any atom is -0.379 e. The first-order valence-corrected chi connectivity index (χ1v) is 7.56. The Morgan fingerprint density at radius 3 is 2.24 bits per heavy atom. The Bertz CT molecular complexity index is 777. The van der Waals surface area contributed by atoms with Crippen molar-refractivity contribution in [3.05, 3.63) is 70.8 Å². The smallest absolute Gasteiger partial charge is 0.284 e. The fraction of sp³-hybridized carbons (Fsp3) is 0.278. The monoisotopic (exact) mass is 355 g/mol. The van der Waals surface area contributed by atoms with E-state index in [1.807, 2.05) is 0 Å². The van der Waals surface area contributed by atoms with Gasteiger partial charge in [-0.2, -0.15) is 0 Å². The van der Waals surface area contributed by atoms with Gasteiger partial charge >= 0.3 is 0 Å². The fourth-order valence-corrected chi connectivity index (χ4v) is 2.69. The lowest BCUT2D eigenvalue weighted by Crippen LogP contribution is -2.46. The Labute approximate surface area is 142 Å². The number of aliphatic hydroxyl groups is 1. The van der Waals surface area contributed by atoms with Gasteiger partial charge in [0.25, 0.3) is 11.8 Å². The van der Waals surface area contributed by atoms with Gasteiger partial charge in [0.05, 0.1) is 5.56 Å². The van der Waals surface area contributed by atoms with Crippen molar-refractivity contribution in [3.8, 4) is 0 Å². The number of carbonyl (C=O) groups excluding carboxylic acids is 1. The number of halogens is 4. The van der Waals surface area contributed by atoms with Crippen LogP contribution in [0.15, 0.2) is 42.5 Å².